The number of hydrogen-bond acceptors (Lipinski definition) is 4. The predicted octanol–water partition coefficient (Wildman–Crippen LogP) is 2.79. The van der Waals surface area contributed by atoms with Crippen molar-refractivity contribution in [3.8, 4) is 0 Å². The summed E-state index contributed by atoms with van der Waals surface area (Å²) in [5, 5.41) is 22.8. The molecule has 1 aromatic rings. The Morgan fingerprint density at radius 1 is 1.50 bits per heavy atom. The van der Waals surface area contributed by atoms with Crippen molar-refractivity contribution in [1.82, 2.24) is 5.32 Å². The molecule has 0 aliphatic carbocycles. The predicted molar refractivity (Wildman–Crippen MR) is 76.4 cm³/mol. The number of halogens is 2. The van der Waals surface area contributed by atoms with Gasteiger partial charge in [0.05, 0.1) is 15.5 Å². The number of hydrogen-bond donors (Lipinski definition) is 2. The second-order valence-electron chi connectivity index (χ2n) is 4.58. The zero-order chi connectivity index (χ0) is 15.5. The molecule has 20 heavy (non-hydrogen) atoms. The third-order valence-corrected chi connectivity index (χ3v) is 3.65. The molecule has 0 bridgehead atoms. The van der Waals surface area contributed by atoms with Crippen molar-refractivity contribution in [2.75, 3.05) is 6.54 Å². The second-order valence-corrected chi connectivity index (χ2v) is 5.37. The van der Waals surface area contributed by atoms with Crippen molar-refractivity contribution in [3.05, 3.63) is 37.9 Å². The zero-order valence-corrected chi connectivity index (χ0v) is 12.5. The number of nitro groups is 1. The summed E-state index contributed by atoms with van der Waals surface area (Å²) >= 11 is 11.5. The van der Waals surface area contributed by atoms with E-state index in [0.29, 0.717) is 6.42 Å². The summed E-state index contributed by atoms with van der Waals surface area (Å²) in [4.78, 5) is 22.0. The van der Waals surface area contributed by atoms with Crippen LogP contribution in [0.3, 0.4) is 0 Å². The Kier molecular flexibility index (Phi) is 5.33. The summed E-state index contributed by atoms with van der Waals surface area (Å²) in [5.41, 5.74) is -1.47. The van der Waals surface area contributed by atoms with Crippen LogP contribution in [-0.4, -0.2) is 28.1 Å². The minimum Gasteiger partial charge on any atom is -0.388 e. The van der Waals surface area contributed by atoms with Gasteiger partial charge in [-0.2, -0.15) is 0 Å². The lowest BCUT2D eigenvalue weighted by Gasteiger charge is -2.21. The molecule has 0 fully saturated rings. The maximum Gasteiger partial charge on any atom is 0.290 e. The van der Waals surface area contributed by atoms with E-state index in [0.717, 1.165) is 6.07 Å². The van der Waals surface area contributed by atoms with Crippen molar-refractivity contribution < 1.29 is 14.8 Å². The third kappa shape index (κ3) is 4.06. The van der Waals surface area contributed by atoms with Gasteiger partial charge in [-0.3, -0.25) is 14.9 Å². The Morgan fingerprint density at radius 3 is 2.60 bits per heavy atom. The van der Waals surface area contributed by atoms with E-state index in [9.17, 15) is 20.0 Å². The molecule has 1 atom stereocenters. The number of nitrogens with zero attached hydrogens (tertiary/aromatic N) is 1. The maximum absolute atomic E-state index is 11.9. The zero-order valence-electron chi connectivity index (χ0n) is 10.9. The van der Waals surface area contributed by atoms with E-state index >= 15 is 0 Å². The molecular formula is C12H14Cl2N2O4. The van der Waals surface area contributed by atoms with Crippen LogP contribution in [0.1, 0.15) is 30.6 Å². The number of rotatable bonds is 5. The molecule has 0 aliphatic heterocycles. The molecule has 0 saturated heterocycles. The minimum absolute atomic E-state index is 0.0120. The molecule has 110 valence electrons. The fourth-order valence-corrected chi connectivity index (χ4v) is 1.73. The van der Waals surface area contributed by atoms with Crippen LogP contribution in [0.2, 0.25) is 10.0 Å². The Labute approximate surface area is 125 Å². The molecule has 1 amide bonds. The first-order valence-electron chi connectivity index (χ1n) is 5.82. The maximum atomic E-state index is 11.9. The largest absolute Gasteiger partial charge is 0.388 e. The lowest BCUT2D eigenvalue weighted by Crippen LogP contribution is -2.40. The molecule has 1 unspecified atom stereocenters. The molecule has 0 saturated carbocycles. The van der Waals surface area contributed by atoms with Gasteiger partial charge in [-0.05, 0) is 19.4 Å². The quantitative estimate of drug-likeness (QED) is 0.644. The highest BCUT2D eigenvalue weighted by atomic mass is 35.5. The van der Waals surface area contributed by atoms with E-state index in [1.165, 1.54) is 6.07 Å². The molecule has 0 spiro atoms. The SMILES string of the molecule is CCC(C)(O)CNC(=O)c1cc(Cl)c(Cl)c([N+](=O)[O-])c1. The minimum atomic E-state index is -1.04. The fourth-order valence-electron chi connectivity index (χ4n) is 1.34. The first-order chi connectivity index (χ1) is 9.18. The van der Waals surface area contributed by atoms with Crippen molar-refractivity contribution in [3.63, 3.8) is 0 Å². The Hall–Kier alpha value is -1.37. The van der Waals surface area contributed by atoms with Crippen LogP contribution in [0.4, 0.5) is 5.69 Å². The number of nitro benzene ring substituents is 1. The molecule has 0 aliphatic rings. The summed E-state index contributed by atoms with van der Waals surface area (Å²) in [5.74, 6) is -0.569. The monoisotopic (exact) mass is 320 g/mol. The molecular weight excluding hydrogens is 307 g/mol. The van der Waals surface area contributed by atoms with Crippen LogP contribution in [0.25, 0.3) is 0 Å². The van der Waals surface area contributed by atoms with E-state index < -0.39 is 22.1 Å². The average Bonchev–Trinajstić information content (AvgIpc) is 2.38. The third-order valence-electron chi connectivity index (χ3n) is 2.86. The second kappa shape index (κ2) is 6.39. The standard InChI is InChI=1S/C12H14Cl2N2O4/c1-3-12(2,18)6-15-11(17)7-4-8(13)10(14)9(5-7)16(19)20/h4-5,18H,3,6H2,1-2H3,(H,15,17). The highest BCUT2D eigenvalue weighted by Crippen LogP contribution is 2.33. The topological polar surface area (TPSA) is 92.5 Å². The van der Waals surface area contributed by atoms with Gasteiger partial charge < -0.3 is 10.4 Å². The number of nitrogens with one attached hydrogen (secondary N) is 1. The number of benzene rings is 1. The molecule has 1 aromatic carbocycles. The molecule has 1 rings (SSSR count). The Morgan fingerprint density at radius 2 is 2.10 bits per heavy atom. The number of aliphatic hydroxyl groups is 1. The highest BCUT2D eigenvalue weighted by molar-refractivity contribution is 6.43. The lowest BCUT2D eigenvalue weighted by molar-refractivity contribution is -0.384. The summed E-state index contributed by atoms with van der Waals surface area (Å²) in [6.07, 6.45) is 0.453. The van der Waals surface area contributed by atoms with Gasteiger partial charge in [-0.15, -0.1) is 0 Å². The van der Waals surface area contributed by atoms with E-state index in [1.54, 1.807) is 13.8 Å². The average molecular weight is 321 g/mol. The van der Waals surface area contributed by atoms with Gasteiger partial charge in [0.2, 0.25) is 0 Å². The van der Waals surface area contributed by atoms with Gasteiger partial charge in [0.1, 0.15) is 5.02 Å². The van der Waals surface area contributed by atoms with Crippen LogP contribution in [0.5, 0.6) is 0 Å². The van der Waals surface area contributed by atoms with Gasteiger partial charge in [0.15, 0.2) is 0 Å². The lowest BCUT2D eigenvalue weighted by atomic mass is 10.0. The number of amides is 1. The van der Waals surface area contributed by atoms with Gasteiger partial charge in [-0.1, -0.05) is 30.1 Å². The smallest absolute Gasteiger partial charge is 0.290 e. The van der Waals surface area contributed by atoms with Gasteiger partial charge in [0.25, 0.3) is 11.6 Å². The summed E-state index contributed by atoms with van der Waals surface area (Å²) < 4.78 is 0. The fraction of sp³-hybridized carbons (Fsp3) is 0.417. The van der Waals surface area contributed by atoms with E-state index in [4.69, 9.17) is 23.2 Å². The van der Waals surface area contributed by atoms with Crippen molar-refractivity contribution in [2.45, 2.75) is 25.9 Å². The van der Waals surface area contributed by atoms with Crippen LogP contribution >= 0.6 is 23.2 Å². The Bertz CT molecular complexity index is 547. The van der Waals surface area contributed by atoms with Crippen LogP contribution in [-0.2, 0) is 0 Å². The molecule has 8 heteroatoms. The van der Waals surface area contributed by atoms with Crippen LogP contribution < -0.4 is 5.32 Å². The summed E-state index contributed by atoms with van der Waals surface area (Å²) in [6, 6.07) is 2.29. The molecule has 0 radical (unpaired) electrons. The van der Waals surface area contributed by atoms with Gasteiger partial charge in [0, 0.05) is 18.2 Å². The van der Waals surface area contributed by atoms with Crippen molar-refractivity contribution >= 4 is 34.8 Å². The van der Waals surface area contributed by atoms with Crippen molar-refractivity contribution in [1.29, 1.82) is 0 Å². The summed E-state index contributed by atoms with van der Waals surface area (Å²) in [6.45, 7) is 3.37. The Balaban J connectivity index is 2.97. The van der Waals surface area contributed by atoms with Gasteiger partial charge in [-0.25, -0.2) is 0 Å². The van der Waals surface area contributed by atoms with Crippen LogP contribution in [0, 0.1) is 10.1 Å². The highest BCUT2D eigenvalue weighted by Gasteiger charge is 2.22. The molecule has 0 heterocycles. The van der Waals surface area contributed by atoms with E-state index in [-0.39, 0.29) is 22.2 Å². The first-order valence-corrected chi connectivity index (χ1v) is 6.57. The van der Waals surface area contributed by atoms with Crippen LogP contribution in [0.15, 0.2) is 12.1 Å². The summed E-state index contributed by atoms with van der Waals surface area (Å²) in [7, 11) is 0. The van der Waals surface area contributed by atoms with E-state index in [1.807, 2.05) is 0 Å². The molecule has 0 aromatic heterocycles. The molecule has 6 nitrogen and oxygen atoms in total. The molecule has 2 N–H and O–H groups in total. The number of carbonyl (C=O) groups is 1. The van der Waals surface area contributed by atoms with Gasteiger partial charge >= 0.3 is 0 Å². The van der Waals surface area contributed by atoms with E-state index in [2.05, 4.69) is 5.32 Å². The van der Waals surface area contributed by atoms with Crippen molar-refractivity contribution in [2.24, 2.45) is 0 Å². The number of carbonyl (C=O) groups excluding carboxylic acids is 1. The first kappa shape index (κ1) is 16.7. The normalized spacial score (nSPS) is 13.7.